The van der Waals surface area contributed by atoms with Gasteiger partial charge in [-0.3, -0.25) is 9.82 Å². The third-order valence-electron chi connectivity index (χ3n) is 6.29. The molecule has 0 bridgehead atoms. The molecule has 3 aromatic carbocycles. The molecule has 1 fully saturated rings. The fourth-order valence-electron chi connectivity index (χ4n) is 4.17. The Hall–Kier alpha value is -3.60. The lowest BCUT2D eigenvalue weighted by atomic mass is 10.1. The van der Waals surface area contributed by atoms with Crippen molar-refractivity contribution in [2.75, 3.05) is 31.5 Å². The van der Waals surface area contributed by atoms with E-state index < -0.39 is 16.1 Å². The number of H-pyrrole nitrogens is 1. The number of fused-ring (bicyclic) bond motifs is 1. The number of anilines is 1. The van der Waals surface area contributed by atoms with Gasteiger partial charge in [0.2, 0.25) is 0 Å². The zero-order valence-corrected chi connectivity index (χ0v) is 21.3. The molecule has 4 N–H and O–H groups in total. The summed E-state index contributed by atoms with van der Waals surface area (Å²) in [7, 11) is -2.32. The van der Waals surface area contributed by atoms with Gasteiger partial charge in [0.25, 0.3) is 10.0 Å². The fraction of sp³-hybridized carbons (Fsp3) is 0.296. The molecule has 9 nitrogen and oxygen atoms in total. The number of nitrogens with one attached hydrogen (secondary N) is 3. The molecule has 0 amide bonds. The second-order valence-electron chi connectivity index (χ2n) is 9.07. The van der Waals surface area contributed by atoms with Crippen molar-refractivity contribution in [3.63, 3.8) is 0 Å². The topological polar surface area (TPSA) is 126 Å². The largest absolute Gasteiger partial charge is 0.497 e. The van der Waals surface area contributed by atoms with Crippen LogP contribution in [-0.4, -0.2) is 50.5 Å². The summed E-state index contributed by atoms with van der Waals surface area (Å²) in [5.74, 6) is 1.80. The number of aliphatic hydroxyl groups excluding tert-OH is 1. The molecule has 194 valence electrons. The number of benzene rings is 3. The summed E-state index contributed by atoms with van der Waals surface area (Å²) in [5.41, 5.74) is 3.08. The smallest absolute Gasteiger partial charge is 0.262 e. The van der Waals surface area contributed by atoms with Gasteiger partial charge in [-0.25, -0.2) is 8.42 Å². The maximum Gasteiger partial charge on any atom is 0.262 e. The normalized spacial score (nSPS) is 14.4. The molecule has 1 unspecified atom stereocenters. The van der Waals surface area contributed by atoms with Gasteiger partial charge in [0, 0.05) is 42.2 Å². The molecule has 5 rings (SSSR count). The van der Waals surface area contributed by atoms with Crippen LogP contribution in [0, 0.1) is 0 Å². The second-order valence-corrected chi connectivity index (χ2v) is 10.8. The zero-order valence-electron chi connectivity index (χ0n) is 20.5. The van der Waals surface area contributed by atoms with Crippen molar-refractivity contribution in [3.8, 4) is 11.5 Å². The maximum absolute atomic E-state index is 12.8. The molecule has 10 heteroatoms. The van der Waals surface area contributed by atoms with E-state index in [0.29, 0.717) is 42.6 Å². The summed E-state index contributed by atoms with van der Waals surface area (Å²) in [6, 6.07) is 18.9. The molecular weight excluding hydrogens is 492 g/mol. The average molecular weight is 523 g/mol. The van der Waals surface area contributed by atoms with Crippen LogP contribution in [0.25, 0.3) is 10.9 Å². The highest BCUT2D eigenvalue weighted by Gasteiger charge is 2.27. The van der Waals surface area contributed by atoms with Crippen LogP contribution < -0.4 is 19.5 Å². The Labute approximate surface area is 215 Å². The highest BCUT2D eigenvalue weighted by molar-refractivity contribution is 7.92. The summed E-state index contributed by atoms with van der Waals surface area (Å²) in [6.07, 6.45) is 1.60. The summed E-state index contributed by atoms with van der Waals surface area (Å²) in [6.45, 7) is 1.26. The number of ether oxygens (including phenoxy) is 2. The van der Waals surface area contributed by atoms with Gasteiger partial charge in [0.05, 0.1) is 29.3 Å². The van der Waals surface area contributed by atoms with E-state index in [1.54, 1.807) is 36.4 Å². The Morgan fingerprint density at radius 2 is 1.92 bits per heavy atom. The number of aromatic amines is 1. The average Bonchev–Trinajstić information content (AvgIpc) is 3.67. The Kier molecular flexibility index (Phi) is 7.31. The number of nitrogens with zero attached hydrogens (tertiary/aromatic N) is 1. The second kappa shape index (κ2) is 10.8. The van der Waals surface area contributed by atoms with Gasteiger partial charge in [0.1, 0.15) is 18.1 Å². The van der Waals surface area contributed by atoms with Gasteiger partial charge in [-0.1, -0.05) is 18.2 Å². The lowest BCUT2D eigenvalue weighted by molar-refractivity contribution is 0.172. The number of methoxy groups -OCH3 is 1. The van der Waals surface area contributed by atoms with E-state index >= 15 is 0 Å². The van der Waals surface area contributed by atoms with Crippen LogP contribution in [-0.2, 0) is 10.0 Å². The van der Waals surface area contributed by atoms with Crippen LogP contribution >= 0.6 is 0 Å². The van der Waals surface area contributed by atoms with Gasteiger partial charge in [-0.15, -0.1) is 0 Å². The minimum Gasteiger partial charge on any atom is -0.497 e. The van der Waals surface area contributed by atoms with Crippen molar-refractivity contribution in [1.29, 1.82) is 0 Å². The number of hydrogen-bond acceptors (Lipinski definition) is 7. The van der Waals surface area contributed by atoms with Crippen molar-refractivity contribution < 1.29 is 23.0 Å². The summed E-state index contributed by atoms with van der Waals surface area (Å²) < 4.78 is 39.0. The van der Waals surface area contributed by atoms with E-state index in [2.05, 4.69) is 26.3 Å². The van der Waals surface area contributed by atoms with Crippen LogP contribution in [0.5, 0.6) is 11.5 Å². The van der Waals surface area contributed by atoms with Crippen LogP contribution in [0.3, 0.4) is 0 Å². The third-order valence-corrected chi connectivity index (χ3v) is 7.67. The molecule has 0 radical (unpaired) electrons. The molecule has 1 heterocycles. The predicted molar refractivity (Wildman–Crippen MR) is 142 cm³/mol. The van der Waals surface area contributed by atoms with Crippen molar-refractivity contribution in [2.24, 2.45) is 0 Å². The lowest BCUT2D eigenvalue weighted by Gasteiger charge is -2.15. The molecule has 1 aliphatic rings. The predicted octanol–water partition coefficient (Wildman–Crippen LogP) is 3.95. The first-order valence-corrected chi connectivity index (χ1v) is 13.7. The van der Waals surface area contributed by atoms with Gasteiger partial charge in [0.15, 0.2) is 0 Å². The van der Waals surface area contributed by atoms with Gasteiger partial charge >= 0.3 is 0 Å². The molecular formula is C27H30N4O5S. The number of rotatable bonds is 12. The lowest BCUT2D eigenvalue weighted by Crippen LogP contribution is -2.26. The van der Waals surface area contributed by atoms with Gasteiger partial charge < -0.3 is 19.9 Å². The van der Waals surface area contributed by atoms with Crippen molar-refractivity contribution in [1.82, 2.24) is 15.5 Å². The van der Waals surface area contributed by atoms with Crippen LogP contribution in [0.4, 0.5) is 5.69 Å². The highest BCUT2D eigenvalue weighted by atomic mass is 32.2. The third kappa shape index (κ3) is 6.04. The van der Waals surface area contributed by atoms with Crippen LogP contribution in [0.1, 0.15) is 36.1 Å². The first kappa shape index (κ1) is 25.1. The first-order valence-electron chi connectivity index (χ1n) is 12.2. The fourth-order valence-corrected chi connectivity index (χ4v) is 5.25. The molecule has 0 saturated heterocycles. The van der Waals surface area contributed by atoms with E-state index in [4.69, 9.17) is 9.47 Å². The summed E-state index contributed by atoms with van der Waals surface area (Å²) >= 11 is 0. The van der Waals surface area contributed by atoms with E-state index in [0.717, 1.165) is 22.3 Å². The Balaban J connectivity index is 1.11. The van der Waals surface area contributed by atoms with Gasteiger partial charge in [-0.05, 0) is 54.8 Å². The molecule has 1 atom stereocenters. The number of aliphatic hydroxyl groups is 1. The Morgan fingerprint density at radius 1 is 1.08 bits per heavy atom. The molecule has 1 aliphatic carbocycles. The molecule has 1 saturated carbocycles. The first-order chi connectivity index (χ1) is 17.9. The Morgan fingerprint density at radius 3 is 2.73 bits per heavy atom. The monoisotopic (exact) mass is 522 g/mol. The van der Waals surface area contributed by atoms with E-state index in [-0.39, 0.29) is 4.90 Å². The minimum absolute atomic E-state index is 0.0921. The minimum atomic E-state index is -3.80. The van der Waals surface area contributed by atoms with Gasteiger partial charge in [-0.2, -0.15) is 5.10 Å². The molecule has 4 aromatic rings. The molecule has 0 spiro atoms. The summed E-state index contributed by atoms with van der Waals surface area (Å²) in [4.78, 5) is 0.0921. The quantitative estimate of drug-likeness (QED) is 0.208. The SMILES string of the molecule is COc1cccc(S(=O)(=O)Nc2cccc(C(O)CNCCOc3ccc4c(C5CC5)n[nH]c4c3)c2)c1. The molecule has 1 aromatic heterocycles. The maximum atomic E-state index is 12.8. The zero-order chi connectivity index (χ0) is 25.8. The highest BCUT2D eigenvalue weighted by Crippen LogP contribution is 2.42. The molecule has 0 aliphatic heterocycles. The Bertz CT molecular complexity index is 1480. The van der Waals surface area contributed by atoms with E-state index in [1.165, 1.54) is 32.1 Å². The standard InChI is InChI=1S/C27H30N4O5S/c1-35-21-6-3-7-23(15-21)37(33,34)31-20-5-2-4-19(14-20)26(32)17-28-12-13-36-22-10-11-24-25(16-22)29-30-27(24)18-8-9-18/h2-7,10-11,14-16,18,26,28,31-32H,8-9,12-13,17H2,1H3,(H,29,30). The number of hydrogen-bond donors (Lipinski definition) is 4. The van der Waals surface area contributed by atoms with Crippen molar-refractivity contribution in [3.05, 3.63) is 78.0 Å². The molecule has 37 heavy (non-hydrogen) atoms. The van der Waals surface area contributed by atoms with Crippen molar-refractivity contribution in [2.45, 2.75) is 29.8 Å². The van der Waals surface area contributed by atoms with Crippen molar-refractivity contribution >= 4 is 26.6 Å². The number of sulfonamides is 1. The van der Waals surface area contributed by atoms with E-state index in [1.807, 2.05) is 12.1 Å². The summed E-state index contributed by atoms with van der Waals surface area (Å²) in [5, 5.41) is 22.5. The number of aromatic nitrogens is 2. The van der Waals surface area contributed by atoms with Crippen LogP contribution in [0.2, 0.25) is 0 Å². The van der Waals surface area contributed by atoms with E-state index in [9.17, 15) is 13.5 Å². The van der Waals surface area contributed by atoms with Crippen LogP contribution in [0.15, 0.2) is 71.6 Å².